The van der Waals surface area contributed by atoms with Gasteiger partial charge in [0.2, 0.25) is 0 Å². The summed E-state index contributed by atoms with van der Waals surface area (Å²) in [6.07, 6.45) is 0.830. The van der Waals surface area contributed by atoms with E-state index in [1.54, 1.807) is 0 Å². The Balaban J connectivity index is 1.48. The zero-order valence-electron chi connectivity index (χ0n) is 13.5. The van der Waals surface area contributed by atoms with E-state index in [0.717, 1.165) is 21.3 Å². The lowest BCUT2D eigenvalue weighted by Gasteiger charge is -2.26. The molecule has 0 bridgehead atoms. The van der Waals surface area contributed by atoms with Gasteiger partial charge in [-0.2, -0.15) is 0 Å². The average Bonchev–Trinajstić information content (AvgIpc) is 2.62. The maximum absolute atomic E-state index is 12.1. The van der Waals surface area contributed by atoms with Crippen LogP contribution in [0.3, 0.4) is 0 Å². The molecule has 1 amide bonds. The van der Waals surface area contributed by atoms with Crippen molar-refractivity contribution in [3.63, 3.8) is 0 Å². The lowest BCUT2D eigenvalue weighted by molar-refractivity contribution is -0.148. The SMILES string of the molecule is O=C(COC(=O)Cc1ccc(Br)cc1)NC1CCOc2ccccc21. The molecule has 0 saturated carbocycles. The monoisotopic (exact) mass is 403 g/mol. The topological polar surface area (TPSA) is 64.6 Å². The van der Waals surface area contributed by atoms with Crippen molar-refractivity contribution in [1.29, 1.82) is 0 Å². The zero-order valence-corrected chi connectivity index (χ0v) is 15.1. The second-order valence-corrected chi connectivity index (χ2v) is 6.67. The fraction of sp³-hybridized carbons (Fsp3) is 0.263. The van der Waals surface area contributed by atoms with Crippen LogP contribution >= 0.6 is 15.9 Å². The molecule has 0 aromatic heterocycles. The van der Waals surface area contributed by atoms with E-state index in [0.29, 0.717) is 13.0 Å². The maximum Gasteiger partial charge on any atom is 0.310 e. The Morgan fingerprint density at radius 1 is 1.16 bits per heavy atom. The molecule has 1 aliphatic rings. The number of esters is 1. The quantitative estimate of drug-likeness (QED) is 0.778. The van der Waals surface area contributed by atoms with Crippen LogP contribution in [0.2, 0.25) is 0 Å². The van der Waals surface area contributed by atoms with Gasteiger partial charge in [-0.05, 0) is 23.8 Å². The minimum Gasteiger partial charge on any atom is -0.493 e. The molecule has 5 nitrogen and oxygen atoms in total. The van der Waals surface area contributed by atoms with E-state index in [9.17, 15) is 9.59 Å². The van der Waals surface area contributed by atoms with Crippen molar-refractivity contribution < 1.29 is 19.1 Å². The molecule has 3 rings (SSSR count). The van der Waals surface area contributed by atoms with Crippen LogP contribution in [-0.4, -0.2) is 25.1 Å². The van der Waals surface area contributed by atoms with Crippen molar-refractivity contribution in [1.82, 2.24) is 5.32 Å². The van der Waals surface area contributed by atoms with Crippen molar-refractivity contribution in [3.05, 3.63) is 64.1 Å². The van der Waals surface area contributed by atoms with Crippen molar-refractivity contribution in [3.8, 4) is 5.75 Å². The van der Waals surface area contributed by atoms with Crippen molar-refractivity contribution in [2.45, 2.75) is 18.9 Å². The predicted octanol–water partition coefficient (Wildman–Crippen LogP) is 3.17. The summed E-state index contributed by atoms with van der Waals surface area (Å²) in [6, 6.07) is 14.9. The molecular formula is C19H18BrNO4. The summed E-state index contributed by atoms with van der Waals surface area (Å²) in [4.78, 5) is 23.9. The molecule has 1 heterocycles. The minimum atomic E-state index is -0.426. The summed E-state index contributed by atoms with van der Waals surface area (Å²) >= 11 is 3.34. The first kappa shape index (κ1) is 17.5. The second-order valence-electron chi connectivity index (χ2n) is 5.76. The van der Waals surface area contributed by atoms with Gasteiger partial charge in [-0.1, -0.05) is 46.3 Å². The summed E-state index contributed by atoms with van der Waals surface area (Å²) in [5, 5.41) is 2.90. The highest BCUT2D eigenvalue weighted by molar-refractivity contribution is 9.10. The first-order valence-electron chi connectivity index (χ1n) is 8.03. The lowest BCUT2D eigenvalue weighted by Crippen LogP contribution is -2.35. The van der Waals surface area contributed by atoms with Crippen LogP contribution in [-0.2, 0) is 20.7 Å². The highest BCUT2D eigenvalue weighted by atomic mass is 79.9. The molecule has 1 unspecified atom stereocenters. The van der Waals surface area contributed by atoms with Gasteiger partial charge >= 0.3 is 5.97 Å². The van der Waals surface area contributed by atoms with Crippen molar-refractivity contribution in [2.24, 2.45) is 0 Å². The van der Waals surface area contributed by atoms with Gasteiger partial charge in [0.1, 0.15) is 5.75 Å². The van der Waals surface area contributed by atoms with E-state index in [1.807, 2.05) is 48.5 Å². The maximum atomic E-state index is 12.1. The number of benzene rings is 2. The molecular weight excluding hydrogens is 386 g/mol. The molecule has 1 aliphatic heterocycles. The fourth-order valence-electron chi connectivity index (χ4n) is 2.69. The number of carbonyl (C=O) groups is 2. The van der Waals surface area contributed by atoms with Gasteiger partial charge in [0, 0.05) is 16.5 Å². The number of nitrogens with one attached hydrogen (secondary N) is 1. The molecule has 0 saturated heterocycles. The molecule has 2 aromatic carbocycles. The Kier molecular flexibility index (Phi) is 5.71. The van der Waals surface area contributed by atoms with Crippen LogP contribution < -0.4 is 10.1 Å². The summed E-state index contributed by atoms with van der Waals surface area (Å²) < 4.78 is 11.6. The van der Waals surface area contributed by atoms with E-state index in [4.69, 9.17) is 9.47 Å². The van der Waals surface area contributed by atoms with Crippen LogP contribution in [0.4, 0.5) is 0 Å². The second kappa shape index (κ2) is 8.16. The third-order valence-corrected chi connectivity index (χ3v) is 4.45. The Morgan fingerprint density at radius 3 is 2.72 bits per heavy atom. The number of carbonyl (C=O) groups excluding carboxylic acids is 2. The van der Waals surface area contributed by atoms with Gasteiger partial charge in [0.25, 0.3) is 5.91 Å². The number of ether oxygens (including phenoxy) is 2. The van der Waals surface area contributed by atoms with Gasteiger partial charge in [-0.3, -0.25) is 9.59 Å². The highest BCUT2D eigenvalue weighted by Gasteiger charge is 2.22. The minimum absolute atomic E-state index is 0.123. The predicted molar refractivity (Wildman–Crippen MR) is 96.2 cm³/mol. The van der Waals surface area contributed by atoms with Crippen molar-refractivity contribution >= 4 is 27.8 Å². The van der Waals surface area contributed by atoms with E-state index in [-0.39, 0.29) is 25.0 Å². The standard InChI is InChI=1S/C19H18BrNO4/c20-14-7-5-13(6-8-14)11-19(23)25-12-18(22)21-16-9-10-24-17-4-2-1-3-15(16)17/h1-8,16H,9-12H2,(H,21,22). The molecule has 25 heavy (non-hydrogen) atoms. The van der Waals surface area contributed by atoms with E-state index >= 15 is 0 Å². The smallest absolute Gasteiger partial charge is 0.310 e. The van der Waals surface area contributed by atoms with E-state index in [1.165, 1.54) is 0 Å². The Morgan fingerprint density at radius 2 is 1.92 bits per heavy atom. The first-order valence-corrected chi connectivity index (χ1v) is 8.82. The number of rotatable bonds is 5. The molecule has 0 aliphatic carbocycles. The Labute approximate surface area is 154 Å². The summed E-state index contributed by atoms with van der Waals surface area (Å²) in [5.74, 6) is 0.0435. The molecule has 2 aromatic rings. The number of para-hydroxylation sites is 1. The zero-order chi connectivity index (χ0) is 17.6. The number of amides is 1. The third kappa shape index (κ3) is 4.82. The molecule has 0 fully saturated rings. The first-order chi connectivity index (χ1) is 12.1. The van der Waals surface area contributed by atoms with Crippen LogP contribution in [0.5, 0.6) is 5.75 Å². The fourth-order valence-corrected chi connectivity index (χ4v) is 2.96. The third-order valence-electron chi connectivity index (χ3n) is 3.92. The molecule has 1 N–H and O–H groups in total. The number of hydrogen-bond donors (Lipinski definition) is 1. The van der Waals surface area contributed by atoms with E-state index < -0.39 is 5.97 Å². The largest absolute Gasteiger partial charge is 0.493 e. The normalized spacial score (nSPS) is 15.6. The average molecular weight is 404 g/mol. The van der Waals surface area contributed by atoms with Gasteiger partial charge < -0.3 is 14.8 Å². The highest BCUT2D eigenvalue weighted by Crippen LogP contribution is 2.31. The Hall–Kier alpha value is -2.34. The van der Waals surface area contributed by atoms with Gasteiger partial charge in [0.15, 0.2) is 6.61 Å². The summed E-state index contributed by atoms with van der Waals surface area (Å²) in [7, 11) is 0. The molecule has 130 valence electrons. The van der Waals surface area contributed by atoms with Crippen LogP contribution in [0.25, 0.3) is 0 Å². The number of halogens is 1. The van der Waals surface area contributed by atoms with Crippen molar-refractivity contribution in [2.75, 3.05) is 13.2 Å². The van der Waals surface area contributed by atoms with Gasteiger partial charge in [-0.15, -0.1) is 0 Å². The summed E-state index contributed by atoms with van der Waals surface area (Å²) in [6.45, 7) is 0.264. The number of fused-ring (bicyclic) bond motifs is 1. The van der Waals surface area contributed by atoms with E-state index in [2.05, 4.69) is 21.2 Å². The van der Waals surface area contributed by atoms with Crippen LogP contribution in [0.15, 0.2) is 53.0 Å². The van der Waals surface area contributed by atoms with Gasteiger partial charge in [0.05, 0.1) is 19.1 Å². The van der Waals surface area contributed by atoms with Gasteiger partial charge in [-0.25, -0.2) is 0 Å². The Bertz CT molecular complexity index is 760. The van der Waals surface area contributed by atoms with Crippen LogP contribution in [0, 0.1) is 0 Å². The number of hydrogen-bond acceptors (Lipinski definition) is 4. The molecule has 6 heteroatoms. The lowest BCUT2D eigenvalue weighted by atomic mass is 10.0. The van der Waals surface area contributed by atoms with Crippen LogP contribution in [0.1, 0.15) is 23.6 Å². The molecule has 1 atom stereocenters. The molecule has 0 radical (unpaired) electrons. The molecule has 0 spiro atoms. The summed E-state index contributed by atoms with van der Waals surface area (Å²) in [5.41, 5.74) is 1.79.